The second kappa shape index (κ2) is 8.07. The van der Waals surface area contributed by atoms with Gasteiger partial charge in [0.1, 0.15) is 0 Å². The predicted octanol–water partition coefficient (Wildman–Crippen LogP) is -0.763. The van der Waals surface area contributed by atoms with Gasteiger partial charge in [-0.3, -0.25) is 18.5 Å². The van der Waals surface area contributed by atoms with Crippen LogP contribution in [0.15, 0.2) is 15.9 Å². The molecule has 0 aliphatic rings. The molecule has 2 heterocycles. The number of fused-ring (bicyclic) bond motifs is 1. The van der Waals surface area contributed by atoms with Crippen LogP contribution in [0.5, 0.6) is 0 Å². The van der Waals surface area contributed by atoms with Crippen molar-refractivity contribution in [2.75, 3.05) is 40.8 Å². The quantitative estimate of drug-likeness (QED) is 0.321. The van der Waals surface area contributed by atoms with E-state index < -0.39 is 19.0 Å². The molecule has 2 N–H and O–H groups in total. The number of imidazole rings is 1. The molecule has 1 unspecified atom stereocenters. The Morgan fingerprint density at radius 1 is 1.26 bits per heavy atom. The van der Waals surface area contributed by atoms with Gasteiger partial charge in [-0.05, 0) is 0 Å². The first-order chi connectivity index (χ1) is 12.4. The van der Waals surface area contributed by atoms with E-state index in [1.54, 1.807) is 4.57 Å². The first-order valence-electron chi connectivity index (χ1n) is 8.57. The van der Waals surface area contributed by atoms with Crippen molar-refractivity contribution < 1.29 is 18.5 Å². The summed E-state index contributed by atoms with van der Waals surface area (Å²) in [7, 11) is 5.11. The molecule has 11 nitrogen and oxygen atoms in total. The van der Waals surface area contributed by atoms with Gasteiger partial charge in [0.05, 0.1) is 40.6 Å². The second-order valence-electron chi connectivity index (χ2n) is 7.45. The summed E-state index contributed by atoms with van der Waals surface area (Å²) in [6.45, 7) is 1.31. The molecule has 2 aromatic rings. The fourth-order valence-corrected chi connectivity index (χ4v) is 3.50. The zero-order valence-electron chi connectivity index (χ0n) is 16.4. The van der Waals surface area contributed by atoms with E-state index in [9.17, 15) is 19.0 Å². The Hall–Kier alpha value is -1.78. The third-order valence-electron chi connectivity index (χ3n) is 4.12. The Bertz CT molecular complexity index is 970. The molecule has 2 rings (SSSR count). The summed E-state index contributed by atoms with van der Waals surface area (Å²) < 4.78 is 21.7. The Morgan fingerprint density at radius 2 is 1.93 bits per heavy atom. The van der Waals surface area contributed by atoms with Gasteiger partial charge >= 0.3 is 13.4 Å². The molecule has 0 radical (unpaired) electrons. The minimum atomic E-state index is -3.92. The molecule has 0 spiro atoms. The molecule has 0 amide bonds. The largest absolute Gasteiger partial charge is 0.402 e. The molecular weight excluding hydrogens is 375 g/mol. The van der Waals surface area contributed by atoms with Crippen LogP contribution >= 0.6 is 7.75 Å². The van der Waals surface area contributed by atoms with Gasteiger partial charge in [-0.1, -0.05) is 0 Å². The van der Waals surface area contributed by atoms with Crippen LogP contribution in [0.2, 0.25) is 0 Å². The minimum absolute atomic E-state index is 0.0978. The fourth-order valence-electron chi connectivity index (χ4n) is 2.65. The van der Waals surface area contributed by atoms with Crippen LogP contribution in [0.1, 0.15) is 6.42 Å². The minimum Gasteiger partial charge on any atom is -0.331 e. The van der Waals surface area contributed by atoms with Gasteiger partial charge in [0.15, 0.2) is 11.2 Å². The van der Waals surface area contributed by atoms with Crippen LogP contribution in [0.4, 0.5) is 0 Å². The highest BCUT2D eigenvalue weighted by Gasteiger charge is 2.20. The molecule has 0 bridgehead atoms. The number of hydrogen-bond donors (Lipinski definition) is 2. The highest BCUT2D eigenvalue weighted by molar-refractivity contribution is 7.50. The van der Waals surface area contributed by atoms with Crippen molar-refractivity contribution in [2.24, 2.45) is 14.1 Å². The first-order valence-corrected chi connectivity index (χ1v) is 10.1. The summed E-state index contributed by atoms with van der Waals surface area (Å²) in [6, 6.07) is 0. The zero-order valence-corrected chi connectivity index (χ0v) is 17.3. The Labute approximate surface area is 157 Å². The van der Waals surface area contributed by atoms with Crippen molar-refractivity contribution in [1.82, 2.24) is 23.8 Å². The maximum Gasteiger partial charge on any atom is 0.402 e. The number of quaternary nitrogens is 1. The lowest BCUT2D eigenvalue weighted by Crippen LogP contribution is -2.37. The van der Waals surface area contributed by atoms with Crippen LogP contribution in [-0.4, -0.2) is 68.9 Å². The maximum atomic E-state index is 12.3. The van der Waals surface area contributed by atoms with E-state index in [2.05, 4.69) is 10.1 Å². The molecule has 0 saturated heterocycles. The highest BCUT2D eigenvalue weighted by Crippen LogP contribution is 2.36. The van der Waals surface area contributed by atoms with Crippen molar-refractivity contribution in [2.45, 2.75) is 13.0 Å². The number of nitrogens with one attached hydrogen (secondary N) is 1. The summed E-state index contributed by atoms with van der Waals surface area (Å²) in [6.07, 6.45) is 2.09. The maximum absolute atomic E-state index is 12.3. The predicted molar refractivity (Wildman–Crippen MR) is 102 cm³/mol. The lowest BCUT2D eigenvalue weighted by Gasteiger charge is -2.23. The third-order valence-corrected chi connectivity index (χ3v) is 5.28. The van der Waals surface area contributed by atoms with Crippen molar-refractivity contribution in [3.63, 3.8) is 0 Å². The first kappa shape index (κ1) is 21.5. The monoisotopic (exact) mass is 403 g/mol. The van der Waals surface area contributed by atoms with Gasteiger partial charge in [0.2, 0.25) is 0 Å². The number of aryl methyl sites for hydroxylation is 1. The third kappa shape index (κ3) is 5.36. The average Bonchev–Trinajstić information content (AvgIpc) is 2.98. The van der Waals surface area contributed by atoms with Crippen LogP contribution in [0.25, 0.3) is 11.2 Å². The van der Waals surface area contributed by atoms with E-state index in [4.69, 9.17) is 4.52 Å². The Morgan fingerprint density at radius 3 is 2.56 bits per heavy atom. The smallest absolute Gasteiger partial charge is 0.331 e. The molecule has 152 valence electrons. The molecule has 1 atom stereocenters. The SMILES string of the molecule is Cn1c(=O)c2c(ncn2CCNP(=O)(O)OCCC[N+](C)(C)C)n(C)c1=O. The van der Waals surface area contributed by atoms with Crippen molar-refractivity contribution >= 4 is 18.9 Å². The van der Waals surface area contributed by atoms with E-state index >= 15 is 0 Å². The molecule has 0 saturated carbocycles. The summed E-state index contributed by atoms with van der Waals surface area (Å²) in [4.78, 5) is 38.2. The lowest BCUT2D eigenvalue weighted by molar-refractivity contribution is -0.870. The van der Waals surface area contributed by atoms with E-state index in [1.165, 1.54) is 25.0 Å². The molecule has 27 heavy (non-hydrogen) atoms. The van der Waals surface area contributed by atoms with E-state index in [1.807, 2.05) is 21.1 Å². The normalized spacial score (nSPS) is 14.6. The average molecular weight is 403 g/mol. The van der Waals surface area contributed by atoms with E-state index in [0.717, 1.165) is 15.6 Å². The number of rotatable bonds is 9. The summed E-state index contributed by atoms with van der Waals surface area (Å²) in [5.41, 5.74) is -0.391. The van der Waals surface area contributed by atoms with Crippen molar-refractivity contribution in [1.29, 1.82) is 0 Å². The van der Waals surface area contributed by atoms with Gasteiger partial charge in [-0.2, -0.15) is 0 Å². The van der Waals surface area contributed by atoms with Crippen LogP contribution in [0.3, 0.4) is 0 Å². The lowest BCUT2D eigenvalue weighted by atomic mass is 10.4. The molecule has 12 heteroatoms. The summed E-state index contributed by atoms with van der Waals surface area (Å²) >= 11 is 0. The Kier molecular flexibility index (Phi) is 6.43. The van der Waals surface area contributed by atoms with Crippen LogP contribution < -0.4 is 16.3 Å². The molecule has 2 aromatic heterocycles. The molecule has 0 aliphatic heterocycles. The standard InChI is InChI=1S/C15H27N6O5P/c1-18-13-12(14(22)19(2)15(18)23)20(11-16-13)8-7-17-27(24,25)26-10-6-9-21(3,4)5/h11H,6-10H2,1-5H3,(H-,17,24,25)/p+1. The van der Waals surface area contributed by atoms with Gasteiger partial charge in [0.25, 0.3) is 5.56 Å². The van der Waals surface area contributed by atoms with Gasteiger partial charge < -0.3 is 13.9 Å². The van der Waals surface area contributed by atoms with Crippen LogP contribution in [0, 0.1) is 0 Å². The molecule has 0 fully saturated rings. The zero-order chi connectivity index (χ0) is 20.4. The Balaban J connectivity index is 1.98. The van der Waals surface area contributed by atoms with Gasteiger partial charge in [-0.25, -0.2) is 19.4 Å². The number of nitrogens with zero attached hydrogens (tertiary/aromatic N) is 5. The number of aromatic nitrogens is 4. The van der Waals surface area contributed by atoms with Gasteiger partial charge in [0, 0.05) is 33.6 Å². The summed E-state index contributed by atoms with van der Waals surface area (Å²) in [5, 5.41) is 2.48. The summed E-state index contributed by atoms with van der Waals surface area (Å²) in [5.74, 6) is 0. The van der Waals surface area contributed by atoms with E-state index in [-0.39, 0.29) is 30.9 Å². The molecule has 0 aliphatic carbocycles. The van der Waals surface area contributed by atoms with E-state index in [0.29, 0.717) is 6.42 Å². The highest BCUT2D eigenvalue weighted by atomic mass is 31.2. The van der Waals surface area contributed by atoms with Gasteiger partial charge in [-0.15, -0.1) is 0 Å². The van der Waals surface area contributed by atoms with Crippen molar-refractivity contribution in [3.05, 3.63) is 27.2 Å². The number of hydrogen-bond acceptors (Lipinski definition) is 5. The van der Waals surface area contributed by atoms with Crippen LogP contribution in [-0.2, 0) is 29.7 Å². The van der Waals surface area contributed by atoms with Crippen molar-refractivity contribution in [3.8, 4) is 0 Å². The molecule has 0 aromatic carbocycles. The molecular formula is C15H28N6O5P+. The second-order valence-corrected chi connectivity index (χ2v) is 9.06. The topological polar surface area (TPSA) is 120 Å². The fraction of sp³-hybridized carbons (Fsp3) is 0.667.